The molecular formula is C14H21N3O3. The molecule has 0 aliphatic heterocycles. The second kappa shape index (κ2) is 7.62. The van der Waals surface area contributed by atoms with Gasteiger partial charge in [-0.1, -0.05) is 0 Å². The second-order valence-corrected chi connectivity index (χ2v) is 4.56. The zero-order valence-electron chi connectivity index (χ0n) is 12.0. The number of anilines is 2. The standard InChI is InChI=1S/C14H21N3O3/c1-9-6-11(4-5-13(9)16-10(2)18)17-14(19)7-12(8-15)20-3/h4-6,12H,7-8,15H2,1-3H3,(H,16,18)(H,17,19). The lowest BCUT2D eigenvalue weighted by Gasteiger charge is -2.13. The van der Waals surface area contributed by atoms with Crippen LogP contribution in [0.25, 0.3) is 0 Å². The van der Waals surface area contributed by atoms with Crippen LogP contribution >= 0.6 is 0 Å². The number of hydrogen-bond acceptors (Lipinski definition) is 4. The quantitative estimate of drug-likeness (QED) is 0.730. The highest BCUT2D eigenvalue weighted by molar-refractivity contribution is 5.93. The van der Waals surface area contributed by atoms with Crippen LogP contribution in [-0.2, 0) is 14.3 Å². The van der Waals surface area contributed by atoms with E-state index in [1.807, 2.05) is 6.92 Å². The number of rotatable bonds is 6. The van der Waals surface area contributed by atoms with Crippen molar-refractivity contribution < 1.29 is 14.3 Å². The molecule has 1 atom stereocenters. The van der Waals surface area contributed by atoms with Crippen molar-refractivity contribution in [3.8, 4) is 0 Å². The number of nitrogens with one attached hydrogen (secondary N) is 2. The minimum atomic E-state index is -0.283. The first-order valence-corrected chi connectivity index (χ1v) is 6.37. The summed E-state index contributed by atoms with van der Waals surface area (Å²) in [5.41, 5.74) is 7.75. The van der Waals surface area contributed by atoms with Gasteiger partial charge < -0.3 is 21.1 Å². The van der Waals surface area contributed by atoms with E-state index in [2.05, 4.69) is 10.6 Å². The molecule has 4 N–H and O–H groups in total. The fraction of sp³-hybridized carbons (Fsp3) is 0.429. The van der Waals surface area contributed by atoms with Crippen molar-refractivity contribution in [1.82, 2.24) is 0 Å². The van der Waals surface area contributed by atoms with Gasteiger partial charge in [-0.05, 0) is 30.7 Å². The zero-order chi connectivity index (χ0) is 15.1. The molecular weight excluding hydrogens is 258 g/mol. The Balaban J connectivity index is 2.67. The highest BCUT2D eigenvalue weighted by Gasteiger charge is 2.12. The minimum Gasteiger partial charge on any atom is -0.380 e. The lowest BCUT2D eigenvalue weighted by Crippen LogP contribution is -2.28. The van der Waals surface area contributed by atoms with Gasteiger partial charge in [0.25, 0.3) is 0 Å². The molecule has 20 heavy (non-hydrogen) atoms. The molecule has 0 aromatic heterocycles. The summed E-state index contributed by atoms with van der Waals surface area (Å²) in [4.78, 5) is 22.8. The van der Waals surface area contributed by atoms with E-state index >= 15 is 0 Å². The van der Waals surface area contributed by atoms with Crippen LogP contribution in [0.3, 0.4) is 0 Å². The molecule has 110 valence electrons. The van der Waals surface area contributed by atoms with Crippen LogP contribution in [0.4, 0.5) is 11.4 Å². The van der Waals surface area contributed by atoms with E-state index in [1.54, 1.807) is 18.2 Å². The predicted molar refractivity (Wildman–Crippen MR) is 78.6 cm³/mol. The van der Waals surface area contributed by atoms with Crippen molar-refractivity contribution in [2.24, 2.45) is 5.73 Å². The number of nitrogens with two attached hydrogens (primary N) is 1. The molecule has 0 heterocycles. The molecule has 0 saturated carbocycles. The molecule has 0 aliphatic carbocycles. The molecule has 1 aromatic carbocycles. The molecule has 2 amide bonds. The van der Waals surface area contributed by atoms with Gasteiger partial charge in [0, 0.05) is 32.0 Å². The SMILES string of the molecule is COC(CN)CC(=O)Nc1ccc(NC(C)=O)c(C)c1. The van der Waals surface area contributed by atoms with Gasteiger partial charge in [0.05, 0.1) is 12.5 Å². The average Bonchev–Trinajstić information content (AvgIpc) is 2.38. The highest BCUT2D eigenvalue weighted by atomic mass is 16.5. The number of methoxy groups -OCH3 is 1. The van der Waals surface area contributed by atoms with Gasteiger partial charge in [-0.15, -0.1) is 0 Å². The smallest absolute Gasteiger partial charge is 0.227 e. The van der Waals surface area contributed by atoms with Crippen LogP contribution in [0.15, 0.2) is 18.2 Å². The summed E-state index contributed by atoms with van der Waals surface area (Å²) in [5, 5.41) is 5.49. The first-order chi connectivity index (χ1) is 9.46. The van der Waals surface area contributed by atoms with E-state index in [0.29, 0.717) is 12.2 Å². The summed E-state index contributed by atoms with van der Waals surface area (Å²) in [6.45, 7) is 3.61. The molecule has 1 aromatic rings. The molecule has 0 aliphatic rings. The third-order valence-corrected chi connectivity index (χ3v) is 2.83. The average molecular weight is 279 g/mol. The van der Waals surface area contributed by atoms with E-state index in [1.165, 1.54) is 14.0 Å². The van der Waals surface area contributed by atoms with Crippen LogP contribution in [-0.4, -0.2) is 31.6 Å². The number of benzene rings is 1. The first-order valence-electron chi connectivity index (χ1n) is 6.37. The summed E-state index contributed by atoms with van der Waals surface area (Å²) in [7, 11) is 1.52. The molecule has 6 nitrogen and oxygen atoms in total. The van der Waals surface area contributed by atoms with Crippen molar-refractivity contribution in [3.63, 3.8) is 0 Å². The first kappa shape index (κ1) is 16.1. The van der Waals surface area contributed by atoms with Crippen LogP contribution in [0.5, 0.6) is 0 Å². The Hall–Kier alpha value is -1.92. The molecule has 6 heteroatoms. The van der Waals surface area contributed by atoms with E-state index in [4.69, 9.17) is 10.5 Å². The predicted octanol–water partition coefficient (Wildman–Crippen LogP) is 1.26. The van der Waals surface area contributed by atoms with Crippen molar-refractivity contribution in [2.45, 2.75) is 26.4 Å². The van der Waals surface area contributed by atoms with Crippen LogP contribution in [0.2, 0.25) is 0 Å². The summed E-state index contributed by atoms with van der Waals surface area (Å²) < 4.78 is 5.06. The monoisotopic (exact) mass is 279 g/mol. The molecule has 1 unspecified atom stereocenters. The number of ether oxygens (including phenoxy) is 1. The molecule has 0 saturated heterocycles. The fourth-order valence-corrected chi connectivity index (χ4v) is 1.75. The van der Waals surface area contributed by atoms with Crippen LogP contribution in [0.1, 0.15) is 18.9 Å². The van der Waals surface area contributed by atoms with Gasteiger partial charge in [-0.25, -0.2) is 0 Å². The fourth-order valence-electron chi connectivity index (χ4n) is 1.75. The molecule has 1 rings (SSSR count). The lowest BCUT2D eigenvalue weighted by atomic mass is 10.1. The third-order valence-electron chi connectivity index (χ3n) is 2.83. The Morgan fingerprint density at radius 3 is 2.55 bits per heavy atom. The number of hydrogen-bond donors (Lipinski definition) is 3. The number of amides is 2. The van der Waals surface area contributed by atoms with Crippen molar-refractivity contribution in [1.29, 1.82) is 0 Å². The van der Waals surface area contributed by atoms with Gasteiger partial charge in [-0.3, -0.25) is 9.59 Å². The van der Waals surface area contributed by atoms with Crippen LogP contribution in [0, 0.1) is 6.92 Å². The van der Waals surface area contributed by atoms with Crippen molar-refractivity contribution in [3.05, 3.63) is 23.8 Å². The van der Waals surface area contributed by atoms with E-state index in [0.717, 1.165) is 11.3 Å². The Labute approximate surface area is 118 Å². The molecule has 0 spiro atoms. The molecule has 0 fully saturated rings. The maximum Gasteiger partial charge on any atom is 0.227 e. The normalized spacial score (nSPS) is 11.8. The summed E-state index contributed by atoms with van der Waals surface area (Å²) in [5.74, 6) is -0.287. The van der Waals surface area contributed by atoms with Crippen molar-refractivity contribution >= 4 is 23.2 Å². The van der Waals surface area contributed by atoms with E-state index < -0.39 is 0 Å². The van der Waals surface area contributed by atoms with Crippen molar-refractivity contribution in [2.75, 3.05) is 24.3 Å². The minimum absolute atomic E-state index is 0.129. The van der Waals surface area contributed by atoms with Crippen LogP contribution < -0.4 is 16.4 Å². The van der Waals surface area contributed by atoms with Gasteiger partial charge in [-0.2, -0.15) is 0 Å². The Morgan fingerprint density at radius 1 is 1.35 bits per heavy atom. The highest BCUT2D eigenvalue weighted by Crippen LogP contribution is 2.20. The Bertz CT molecular complexity index is 485. The van der Waals surface area contributed by atoms with Gasteiger partial charge in [0.15, 0.2) is 0 Å². The summed E-state index contributed by atoms with van der Waals surface area (Å²) in [6, 6.07) is 5.29. The van der Waals surface area contributed by atoms with E-state index in [9.17, 15) is 9.59 Å². The Morgan fingerprint density at radius 2 is 2.05 bits per heavy atom. The maximum atomic E-state index is 11.8. The largest absolute Gasteiger partial charge is 0.380 e. The Kier molecular flexibility index (Phi) is 6.14. The summed E-state index contributed by atoms with van der Waals surface area (Å²) in [6.07, 6.45) is -0.0748. The van der Waals surface area contributed by atoms with Gasteiger partial charge in [0.1, 0.15) is 0 Å². The molecule has 0 bridgehead atoms. The second-order valence-electron chi connectivity index (χ2n) is 4.56. The van der Waals surface area contributed by atoms with Gasteiger partial charge >= 0.3 is 0 Å². The zero-order valence-corrected chi connectivity index (χ0v) is 12.0. The number of aryl methyl sites for hydroxylation is 1. The summed E-state index contributed by atoms with van der Waals surface area (Å²) >= 11 is 0. The topological polar surface area (TPSA) is 93.4 Å². The number of carbonyl (C=O) groups excluding carboxylic acids is 2. The lowest BCUT2D eigenvalue weighted by molar-refractivity contribution is -0.118. The van der Waals surface area contributed by atoms with E-state index in [-0.39, 0.29) is 24.3 Å². The maximum absolute atomic E-state index is 11.8. The number of carbonyl (C=O) groups is 2. The third kappa shape index (κ3) is 4.99. The van der Waals surface area contributed by atoms with Gasteiger partial charge in [0.2, 0.25) is 11.8 Å². The molecule has 0 radical (unpaired) electrons.